The third kappa shape index (κ3) is 8.08. The van der Waals surface area contributed by atoms with E-state index in [1.807, 2.05) is 0 Å². The van der Waals surface area contributed by atoms with Crippen molar-refractivity contribution in [1.29, 1.82) is 0 Å². The molecular weight excluding hydrogens is 198 g/mol. The van der Waals surface area contributed by atoms with Gasteiger partial charge in [0.15, 0.2) is 0 Å². The van der Waals surface area contributed by atoms with Gasteiger partial charge in [0.25, 0.3) is 0 Å². The van der Waals surface area contributed by atoms with Crippen LogP contribution in [-0.2, 0) is 0 Å². The van der Waals surface area contributed by atoms with Gasteiger partial charge in [0, 0.05) is 31.7 Å². The molecule has 0 rings (SSSR count). The first-order valence-corrected chi connectivity index (χ1v) is 6.51. The normalized spacial score (nSPS) is 13.1. The molecule has 98 valence electrons. The molecular formula is C13H32N3+. The van der Waals surface area contributed by atoms with Crippen molar-refractivity contribution in [1.82, 2.24) is 10.2 Å². The van der Waals surface area contributed by atoms with Gasteiger partial charge in [0.2, 0.25) is 0 Å². The summed E-state index contributed by atoms with van der Waals surface area (Å²) < 4.78 is 1.03. The summed E-state index contributed by atoms with van der Waals surface area (Å²) in [5.41, 5.74) is 0. The van der Waals surface area contributed by atoms with Gasteiger partial charge in [-0.05, 0) is 27.7 Å². The van der Waals surface area contributed by atoms with E-state index in [4.69, 9.17) is 0 Å². The van der Waals surface area contributed by atoms with E-state index in [1.54, 1.807) is 0 Å². The van der Waals surface area contributed by atoms with E-state index in [1.165, 1.54) is 6.54 Å². The Morgan fingerprint density at radius 2 is 1.44 bits per heavy atom. The molecule has 0 amide bonds. The summed E-state index contributed by atoms with van der Waals surface area (Å²) in [6.45, 7) is 13.6. The van der Waals surface area contributed by atoms with Crippen molar-refractivity contribution in [3.05, 3.63) is 0 Å². The highest BCUT2D eigenvalue weighted by atomic mass is 15.3. The third-order valence-electron chi connectivity index (χ3n) is 2.83. The molecule has 0 saturated carbocycles. The zero-order valence-corrected chi connectivity index (χ0v) is 12.4. The van der Waals surface area contributed by atoms with Crippen LogP contribution in [0.1, 0.15) is 27.7 Å². The second kappa shape index (κ2) is 7.25. The molecule has 0 aliphatic rings. The highest BCUT2D eigenvalue weighted by molar-refractivity contribution is 4.68. The lowest BCUT2D eigenvalue weighted by molar-refractivity contribution is -0.869. The second-order valence-electron chi connectivity index (χ2n) is 6.19. The molecule has 0 aromatic heterocycles. The molecule has 3 nitrogen and oxygen atoms in total. The first-order valence-electron chi connectivity index (χ1n) is 6.51. The van der Waals surface area contributed by atoms with Crippen molar-refractivity contribution in [2.75, 3.05) is 47.3 Å². The lowest BCUT2D eigenvalue weighted by Gasteiger charge is -2.30. The Bertz CT molecular complexity index is 163. The van der Waals surface area contributed by atoms with Crippen LogP contribution in [0, 0.1) is 0 Å². The van der Waals surface area contributed by atoms with Crippen LogP contribution >= 0.6 is 0 Å². The molecule has 0 unspecified atom stereocenters. The average molecular weight is 230 g/mol. The lowest BCUT2D eigenvalue weighted by atomic mass is 10.2. The van der Waals surface area contributed by atoms with Gasteiger partial charge in [-0.2, -0.15) is 0 Å². The molecule has 0 aliphatic carbocycles. The molecule has 0 atom stereocenters. The monoisotopic (exact) mass is 230 g/mol. The van der Waals surface area contributed by atoms with Crippen LogP contribution in [0.2, 0.25) is 0 Å². The fourth-order valence-electron chi connectivity index (χ4n) is 1.86. The maximum Gasteiger partial charge on any atom is 0.0907 e. The SMILES string of the molecule is CC(C)N(CCNCC[N+](C)(C)C)C(C)C. The van der Waals surface area contributed by atoms with E-state index in [0.29, 0.717) is 12.1 Å². The minimum Gasteiger partial charge on any atom is -0.330 e. The van der Waals surface area contributed by atoms with Crippen LogP contribution in [-0.4, -0.2) is 68.8 Å². The van der Waals surface area contributed by atoms with E-state index in [2.05, 4.69) is 59.1 Å². The molecule has 0 bridgehead atoms. The topological polar surface area (TPSA) is 15.3 Å². The molecule has 0 heterocycles. The number of hydrogen-bond donors (Lipinski definition) is 1. The molecule has 0 radical (unpaired) electrons. The predicted molar refractivity (Wildman–Crippen MR) is 72.7 cm³/mol. The standard InChI is InChI=1S/C13H32N3/c1-12(2)15(13(3)4)10-8-14-9-11-16(5,6)7/h12-14H,8-11H2,1-7H3/q+1. The largest absolute Gasteiger partial charge is 0.330 e. The smallest absolute Gasteiger partial charge is 0.0907 e. The fraction of sp³-hybridized carbons (Fsp3) is 1.00. The number of nitrogens with zero attached hydrogens (tertiary/aromatic N) is 2. The number of hydrogen-bond acceptors (Lipinski definition) is 2. The zero-order chi connectivity index (χ0) is 12.8. The van der Waals surface area contributed by atoms with E-state index < -0.39 is 0 Å². The first kappa shape index (κ1) is 15.9. The van der Waals surface area contributed by atoms with Gasteiger partial charge in [-0.15, -0.1) is 0 Å². The lowest BCUT2D eigenvalue weighted by Crippen LogP contribution is -2.44. The summed E-state index contributed by atoms with van der Waals surface area (Å²) in [7, 11) is 6.70. The molecule has 0 aromatic carbocycles. The number of likely N-dealkylation sites (N-methyl/N-ethyl adjacent to an activating group) is 1. The number of quaternary nitrogens is 1. The minimum atomic E-state index is 0.639. The van der Waals surface area contributed by atoms with E-state index in [0.717, 1.165) is 24.1 Å². The van der Waals surface area contributed by atoms with Gasteiger partial charge < -0.3 is 9.80 Å². The van der Waals surface area contributed by atoms with Gasteiger partial charge in [0.1, 0.15) is 0 Å². The molecule has 0 aromatic rings. The summed E-state index contributed by atoms with van der Waals surface area (Å²) in [6.07, 6.45) is 0. The maximum atomic E-state index is 3.52. The van der Waals surface area contributed by atoms with E-state index in [9.17, 15) is 0 Å². The van der Waals surface area contributed by atoms with Gasteiger partial charge in [-0.3, -0.25) is 4.90 Å². The summed E-state index contributed by atoms with van der Waals surface area (Å²) in [5, 5.41) is 3.52. The van der Waals surface area contributed by atoms with E-state index >= 15 is 0 Å². The molecule has 0 fully saturated rings. The summed E-state index contributed by atoms with van der Waals surface area (Å²) in [5.74, 6) is 0. The van der Waals surface area contributed by atoms with Crippen LogP contribution in [0.4, 0.5) is 0 Å². The van der Waals surface area contributed by atoms with Gasteiger partial charge in [-0.1, -0.05) is 0 Å². The third-order valence-corrected chi connectivity index (χ3v) is 2.83. The van der Waals surface area contributed by atoms with Crippen molar-refractivity contribution < 1.29 is 4.48 Å². The maximum absolute atomic E-state index is 3.52. The van der Waals surface area contributed by atoms with Crippen molar-refractivity contribution in [3.63, 3.8) is 0 Å². The first-order chi connectivity index (χ1) is 7.24. The molecule has 0 spiro atoms. The van der Waals surface area contributed by atoms with Crippen molar-refractivity contribution in [3.8, 4) is 0 Å². The number of nitrogens with one attached hydrogen (secondary N) is 1. The zero-order valence-electron chi connectivity index (χ0n) is 12.4. The summed E-state index contributed by atoms with van der Waals surface area (Å²) in [6, 6.07) is 1.28. The molecule has 1 N–H and O–H groups in total. The van der Waals surface area contributed by atoms with Crippen LogP contribution < -0.4 is 5.32 Å². The Labute approximate surface area is 102 Å². The molecule has 0 saturated heterocycles. The van der Waals surface area contributed by atoms with Gasteiger partial charge in [-0.25, -0.2) is 0 Å². The number of rotatable bonds is 8. The van der Waals surface area contributed by atoms with Crippen LogP contribution in [0.5, 0.6) is 0 Å². The Balaban J connectivity index is 3.64. The van der Waals surface area contributed by atoms with Crippen LogP contribution in [0.25, 0.3) is 0 Å². The second-order valence-corrected chi connectivity index (χ2v) is 6.19. The quantitative estimate of drug-likeness (QED) is 0.501. The van der Waals surface area contributed by atoms with Crippen molar-refractivity contribution in [2.24, 2.45) is 0 Å². The molecule has 0 aliphatic heterocycles. The Morgan fingerprint density at radius 1 is 0.938 bits per heavy atom. The highest BCUT2D eigenvalue weighted by Crippen LogP contribution is 2.03. The summed E-state index contributed by atoms with van der Waals surface area (Å²) >= 11 is 0. The Kier molecular flexibility index (Phi) is 7.20. The van der Waals surface area contributed by atoms with Crippen LogP contribution in [0.3, 0.4) is 0 Å². The highest BCUT2D eigenvalue weighted by Gasteiger charge is 2.12. The van der Waals surface area contributed by atoms with Gasteiger partial charge in [0.05, 0.1) is 27.7 Å². The van der Waals surface area contributed by atoms with Gasteiger partial charge >= 0.3 is 0 Å². The fourth-order valence-corrected chi connectivity index (χ4v) is 1.86. The van der Waals surface area contributed by atoms with Crippen molar-refractivity contribution >= 4 is 0 Å². The molecule has 16 heavy (non-hydrogen) atoms. The molecule has 3 heteroatoms. The minimum absolute atomic E-state index is 0.639. The summed E-state index contributed by atoms with van der Waals surface area (Å²) in [4.78, 5) is 2.53. The Hall–Kier alpha value is -0.120. The predicted octanol–water partition coefficient (Wildman–Crippen LogP) is 1.40. The van der Waals surface area contributed by atoms with Crippen molar-refractivity contribution in [2.45, 2.75) is 39.8 Å². The Morgan fingerprint density at radius 3 is 1.81 bits per heavy atom. The average Bonchev–Trinajstić information content (AvgIpc) is 2.07. The van der Waals surface area contributed by atoms with E-state index in [-0.39, 0.29) is 0 Å². The van der Waals surface area contributed by atoms with Crippen LogP contribution in [0.15, 0.2) is 0 Å².